The van der Waals surface area contributed by atoms with Gasteiger partial charge in [-0.05, 0) is 0 Å². The average Bonchev–Trinajstić information content (AvgIpc) is 2.08. The van der Waals surface area contributed by atoms with Gasteiger partial charge in [0.2, 0.25) is 0 Å². The molecule has 3 unspecified atom stereocenters. The van der Waals surface area contributed by atoms with Crippen LogP contribution in [0.4, 0.5) is 0 Å². The van der Waals surface area contributed by atoms with Crippen molar-refractivity contribution in [3.8, 4) is 0 Å². The molecule has 5 nitrogen and oxygen atoms in total. The molecule has 0 aromatic heterocycles. The van der Waals surface area contributed by atoms with E-state index in [0.717, 1.165) is 0 Å². The third-order valence-corrected chi connectivity index (χ3v) is 2.82. The first-order valence-electron chi connectivity index (χ1n) is 3.52. The lowest BCUT2D eigenvalue weighted by Gasteiger charge is -2.37. The van der Waals surface area contributed by atoms with E-state index in [4.69, 9.17) is 14.9 Å². The van der Waals surface area contributed by atoms with Crippen LogP contribution in [0.3, 0.4) is 0 Å². The summed E-state index contributed by atoms with van der Waals surface area (Å²) >= 11 is 2.95. The molecule has 1 rings (SSSR count). The molecule has 6 heteroatoms. The summed E-state index contributed by atoms with van der Waals surface area (Å²) in [6.45, 7) is -0.436. The minimum Gasteiger partial charge on any atom is -0.394 e. The maximum Gasteiger partial charge on any atom is 0.170 e. The molecule has 12 heavy (non-hydrogen) atoms. The fourth-order valence-corrected chi connectivity index (χ4v) is 1.50. The molecule has 0 aromatic rings. The number of alkyl halides is 1. The summed E-state index contributed by atoms with van der Waals surface area (Å²) in [5, 5.41) is 36.3. The second-order valence-electron chi connectivity index (χ2n) is 2.67. The van der Waals surface area contributed by atoms with Crippen LogP contribution in [0.25, 0.3) is 0 Å². The Morgan fingerprint density at radius 1 is 1.17 bits per heavy atom. The van der Waals surface area contributed by atoms with E-state index in [-0.39, 0.29) is 0 Å². The normalized spacial score (nSPS) is 49.2. The largest absolute Gasteiger partial charge is 0.394 e. The lowest BCUT2D eigenvalue weighted by atomic mass is 10.0. The second-order valence-corrected chi connectivity index (χ2v) is 3.73. The minimum absolute atomic E-state index is 0.436. The van der Waals surface area contributed by atoms with Crippen molar-refractivity contribution in [1.82, 2.24) is 0 Å². The molecule has 0 aliphatic carbocycles. The van der Waals surface area contributed by atoms with Crippen molar-refractivity contribution in [2.75, 3.05) is 6.61 Å². The Bertz CT molecular complexity index is 150. The maximum absolute atomic E-state index is 9.27. The van der Waals surface area contributed by atoms with E-state index in [2.05, 4.69) is 15.9 Å². The molecule has 0 radical (unpaired) electrons. The van der Waals surface area contributed by atoms with Crippen LogP contribution in [0.15, 0.2) is 0 Å². The van der Waals surface area contributed by atoms with Crippen LogP contribution in [0.1, 0.15) is 0 Å². The van der Waals surface area contributed by atoms with E-state index in [0.29, 0.717) is 0 Å². The number of aliphatic hydroxyl groups is 4. The zero-order valence-electron chi connectivity index (χ0n) is 6.17. The topological polar surface area (TPSA) is 90.2 Å². The first kappa shape index (κ1) is 10.4. The minimum atomic E-state index is -1.21. The van der Waals surface area contributed by atoms with Crippen molar-refractivity contribution in [2.24, 2.45) is 0 Å². The zero-order valence-corrected chi connectivity index (χ0v) is 7.75. The third-order valence-electron chi connectivity index (χ3n) is 1.82. The monoisotopic (exact) mass is 242 g/mol. The third kappa shape index (κ3) is 1.78. The summed E-state index contributed by atoms with van der Waals surface area (Å²) in [5.74, 6) is 0. The van der Waals surface area contributed by atoms with Crippen molar-refractivity contribution < 1.29 is 25.2 Å². The Labute approximate surface area is 77.7 Å². The van der Waals surface area contributed by atoms with E-state index in [1.807, 2.05) is 0 Å². The molecule has 0 aromatic carbocycles. The van der Waals surface area contributed by atoms with Crippen molar-refractivity contribution in [2.45, 2.75) is 29.4 Å². The first-order valence-corrected chi connectivity index (χ1v) is 4.44. The summed E-state index contributed by atoms with van der Waals surface area (Å²) in [4.78, 5) is -0.727. The maximum atomic E-state index is 9.27. The van der Waals surface area contributed by atoms with Crippen LogP contribution in [0, 0.1) is 0 Å². The van der Waals surface area contributed by atoms with Gasteiger partial charge in [0.15, 0.2) is 6.29 Å². The van der Waals surface area contributed by atoms with Crippen LogP contribution in [-0.4, -0.2) is 56.5 Å². The highest BCUT2D eigenvalue weighted by molar-refractivity contribution is 9.09. The predicted octanol–water partition coefficient (Wildman–Crippen LogP) is -1.82. The Morgan fingerprint density at radius 2 is 1.75 bits per heavy atom. The Morgan fingerprint density at radius 3 is 2.25 bits per heavy atom. The van der Waals surface area contributed by atoms with Crippen molar-refractivity contribution in [3.05, 3.63) is 0 Å². The fourth-order valence-electron chi connectivity index (χ4n) is 1.06. The first-order chi connectivity index (χ1) is 5.57. The van der Waals surface area contributed by atoms with Gasteiger partial charge in [-0.25, -0.2) is 0 Å². The quantitative estimate of drug-likeness (QED) is 0.407. The highest BCUT2D eigenvalue weighted by atomic mass is 79.9. The number of hydrogen-bond donors (Lipinski definition) is 4. The van der Waals surface area contributed by atoms with Gasteiger partial charge in [-0.2, -0.15) is 0 Å². The molecule has 1 heterocycles. The van der Waals surface area contributed by atoms with E-state index in [1.165, 1.54) is 0 Å². The van der Waals surface area contributed by atoms with Crippen LogP contribution in [0.5, 0.6) is 0 Å². The van der Waals surface area contributed by atoms with Crippen LogP contribution in [0.2, 0.25) is 0 Å². The number of halogens is 1. The molecule has 1 saturated heterocycles. The van der Waals surface area contributed by atoms with Gasteiger partial charge in [0.05, 0.1) is 17.5 Å². The number of hydrogen-bond acceptors (Lipinski definition) is 5. The standard InChI is InChI=1S/C6H11BrO5/c7-3-5(10)4(9)2(1-8)12-6(3)11/h2-6,8-11H,1H2/t2?,3?,4-,5?,6-/m1/s1. The number of aliphatic hydroxyl groups excluding tert-OH is 4. The lowest BCUT2D eigenvalue weighted by Crippen LogP contribution is -2.56. The molecule has 0 saturated carbocycles. The van der Waals surface area contributed by atoms with Crippen molar-refractivity contribution >= 4 is 15.9 Å². The van der Waals surface area contributed by atoms with Gasteiger partial charge >= 0.3 is 0 Å². The van der Waals surface area contributed by atoms with Crippen LogP contribution in [-0.2, 0) is 4.74 Å². The van der Waals surface area contributed by atoms with Crippen molar-refractivity contribution in [3.63, 3.8) is 0 Å². The molecule has 5 atom stereocenters. The van der Waals surface area contributed by atoms with Gasteiger partial charge in [-0.3, -0.25) is 0 Å². The van der Waals surface area contributed by atoms with Gasteiger partial charge in [0, 0.05) is 0 Å². The van der Waals surface area contributed by atoms with E-state index in [9.17, 15) is 10.2 Å². The van der Waals surface area contributed by atoms with Crippen molar-refractivity contribution in [1.29, 1.82) is 0 Å². The Hall–Kier alpha value is 0.280. The highest BCUT2D eigenvalue weighted by Crippen LogP contribution is 2.24. The van der Waals surface area contributed by atoms with Gasteiger partial charge in [-0.15, -0.1) is 0 Å². The molecule has 72 valence electrons. The summed E-state index contributed by atoms with van der Waals surface area (Å²) in [6, 6.07) is 0. The van der Waals surface area contributed by atoms with Gasteiger partial charge in [0.25, 0.3) is 0 Å². The molecule has 0 spiro atoms. The molecule has 4 N–H and O–H groups in total. The lowest BCUT2D eigenvalue weighted by molar-refractivity contribution is -0.233. The second kappa shape index (κ2) is 3.99. The van der Waals surface area contributed by atoms with Gasteiger partial charge < -0.3 is 25.2 Å². The number of ether oxygens (including phenoxy) is 1. The Balaban J connectivity index is 2.63. The molecular formula is C6H11BrO5. The van der Waals surface area contributed by atoms with E-state index in [1.54, 1.807) is 0 Å². The average molecular weight is 243 g/mol. The predicted molar refractivity (Wildman–Crippen MR) is 42.7 cm³/mol. The molecule has 1 aliphatic rings. The van der Waals surface area contributed by atoms with Gasteiger partial charge in [0.1, 0.15) is 12.2 Å². The summed E-state index contributed by atoms with van der Waals surface area (Å²) in [6.07, 6.45) is -4.45. The molecule has 0 bridgehead atoms. The molecule has 1 fully saturated rings. The SMILES string of the molecule is OCC1O[C@@H](O)C(Br)C(O)[C@@H]1O. The zero-order chi connectivity index (χ0) is 9.30. The smallest absolute Gasteiger partial charge is 0.170 e. The van der Waals surface area contributed by atoms with E-state index >= 15 is 0 Å². The molecule has 1 aliphatic heterocycles. The summed E-state index contributed by atoms with van der Waals surface area (Å²) in [7, 11) is 0. The highest BCUT2D eigenvalue weighted by Gasteiger charge is 2.42. The summed E-state index contributed by atoms with van der Waals surface area (Å²) in [5.41, 5.74) is 0. The van der Waals surface area contributed by atoms with Crippen LogP contribution >= 0.6 is 15.9 Å². The molecular weight excluding hydrogens is 232 g/mol. The fraction of sp³-hybridized carbons (Fsp3) is 1.00. The van der Waals surface area contributed by atoms with Crippen LogP contribution < -0.4 is 0 Å². The van der Waals surface area contributed by atoms with E-state index < -0.39 is 36.0 Å². The summed E-state index contributed by atoms with van der Waals surface area (Å²) < 4.78 is 4.78. The number of rotatable bonds is 1. The Kier molecular flexibility index (Phi) is 3.45. The van der Waals surface area contributed by atoms with Gasteiger partial charge in [-0.1, -0.05) is 15.9 Å². The molecule has 0 amide bonds.